The SMILES string of the molecule is CCN(c1cccc(C#N)c1)c1cccc2c1OC[C@H]2Nc1ccc2c(c1)OC[C@H]2CC(=O)OC. The van der Waals surface area contributed by atoms with Crippen molar-refractivity contribution in [2.45, 2.75) is 25.3 Å². The minimum Gasteiger partial charge on any atom is -0.493 e. The number of methoxy groups -OCH3 is 1. The van der Waals surface area contributed by atoms with Crippen LogP contribution in [0.25, 0.3) is 0 Å². The number of anilines is 3. The highest BCUT2D eigenvalue weighted by Gasteiger charge is 2.30. The molecule has 0 saturated carbocycles. The molecule has 0 aliphatic carbocycles. The summed E-state index contributed by atoms with van der Waals surface area (Å²) in [7, 11) is 1.40. The van der Waals surface area contributed by atoms with Crippen LogP contribution in [0.3, 0.4) is 0 Å². The first kappa shape index (κ1) is 22.6. The molecule has 35 heavy (non-hydrogen) atoms. The second-order valence-electron chi connectivity index (χ2n) is 8.65. The highest BCUT2D eigenvalue weighted by atomic mass is 16.5. The lowest BCUT2D eigenvalue weighted by Gasteiger charge is -2.25. The molecule has 0 radical (unpaired) electrons. The monoisotopic (exact) mass is 469 g/mol. The van der Waals surface area contributed by atoms with E-state index in [1.54, 1.807) is 6.07 Å². The molecule has 1 N–H and O–H groups in total. The zero-order chi connectivity index (χ0) is 24.4. The lowest BCUT2D eigenvalue weighted by atomic mass is 9.97. The van der Waals surface area contributed by atoms with Crippen LogP contribution in [0.15, 0.2) is 60.7 Å². The first-order valence-corrected chi connectivity index (χ1v) is 11.7. The Morgan fingerprint density at radius 1 is 1.11 bits per heavy atom. The van der Waals surface area contributed by atoms with Gasteiger partial charge in [0.2, 0.25) is 0 Å². The van der Waals surface area contributed by atoms with Gasteiger partial charge in [-0.15, -0.1) is 0 Å². The minimum absolute atomic E-state index is 0.0144. The van der Waals surface area contributed by atoms with Gasteiger partial charge in [0.15, 0.2) is 0 Å². The van der Waals surface area contributed by atoms with Crippen LogP contribution in [0.2, 0.25) is 0 Å². The van der Waals surface area contributed by atoms with E-state index in [1.807, 2.05) is 42.5 Å². The third-order valence-electron chi connectivity index (χ3n) is 6.56. The van der Waals surface area contributed by atoms with Crippen molar-refractivity contribution in [3.63, 3.8) is 0 Å². The van der Waals surface area contributed by atoms with Crippen molar-refractivity contribution in [3.05, 3.63) is 77.4 Å². The number of carbonyl (C=O) groups is 1. The number of nitrogens with one attached hydrogen (secondary N) is 1. The Balaban J connectivity index is 1.37. The summed E-state index contributed by atoms with van der Waals surface area (Å²) < 4.78 is 16.9. The summed E-state index contributed by atoms with van der Waals surface area (Å²) in [6.45, 7) is 3.81. The van der Waals surface area contributed by atoms with Gasteiger partial charge in [-0.05, 0) is 37.3 Å². The summed E-state index contributed by atoms with van der Waals surface area (Å²) in [5.41, 5.74) is 5.61. The van der Waals surface area contributed by atoms with Gasteiger partial charge in [0, 0.05) is 41.0 Å². The van der Waals surface area contributed by atoms with E-state index in [0.717, 1.165) is 46.2 Å². The van der Waals surface area contributed by atoms with E-state index in [2.05, 4.69) is 35.3 Å². The first-order chi connectivity index (χ1) is 17.1. The van der Waals surface area contributed by atoms with Crippen LogP contribution in [0.4, 0.5) is 17.1 Å². The summed E-state index contributed by atoms with van der Waals surface area (Å²) >= 11 is 0. The molecule has 178 valence electrons. The molecule has 3 aromatic carbocycles. The summed E-state index contributed by atoms with van der Waals surface area (Å²) in [5, 5.41) is 12.9. The van der Waals surface area contributed by atoms with Crippen LogP contribution in [-0.4, -0.2) is 32.8 Å². The van der Waals surface area contributed by atoms with E-state index >= 15 is 0 Å². The molecule has 7 heteroatoms. The van der Waals surface area contributed by atoms with Gasteiger partial charge in [0.25, 0.3) is 0 Å². The maximum Gasteiger partial charge on any atom is 0.306 e. The number of nitriles is 1. The molecule has 2 aliphatic heterocycles. The molecule has 0 unspecified atom stereocenters. The minimum atomic E-state index is -0.232. The summed E-state index contributed by atoms with van der Waals surface area (Å²) in [6.07, 6.45) is 0.314. The molecule has 0 amide bonds. The van der Waals surface area contributed by atoms with E-state index in [1.165, 1.54) is 7.11 Å². The van der Waals surface area contributed by atoms with Gasteiger partial charge in [0.1, 0.15) is 18.1 Å². The largest absolute Gasteiger partial charge is 0.493 e. The number of ether oxygens (including phenoxy) is 3. The van der Waals surface area contributed by atoms with Gasteiger partial charge in [-0.25, -0.2) is 0 Å². The van der Waals surface area contributed by atoms with E-state index in [-0.39, 0.29) is 17.9 Å². The number of hydrogen-bond acceptors (Lipinski definition) is 7. The molecule has 0 aromatic heterocycles. The van der Waals surface area contributed by atoms with Crippen LogP contribution < -0.4 is 19.7 Å². The van der Waals surface area contributed by atoms with Gasteiger partial charge in [-0.1, -0.05) is 24.3 Å². The van der Waals surface area contributed by atoms with Gasteiger partial charge in [-0.2, -0.15) is 5.26 Å². The third-order valence-corrected chi connectivity index (χ3v) is 6.56. The summed E-state index contributed by atoms with van der Waals surface area (Å²) in [6, 6.07) is 22.0. The van der Waals surface area contributed by atoms with Crippen molar-refractivity contribution in [3.8, 4) is 17.6 Å². The number of rotatable bonds is 7. The highest BCUT2D eigenvalue weighted by Crippen LogP contribution is 2.45. The predicted molar refractivity (Wildman–Crippen MR) is 133 cm³/mol. The zero-order valence-corrected chi connectivity index (χ0v) is 19.8. The van der Waals surface area contributed by atoms with Crippen LogP contribution in [0, 0.1) is 11.3 Å². The lowest BCUT2D eigenvalue weighted by molar-refractivity contribution is -0.141. The molecule has 2 aliphatic rings. The second kappa shape index (κ2) is 9.59. The normalized spacial score (nSPS) is 17.4. The van der Waals surface area contributed by atoms with Crippen molar-refractivity contribution in [1.29, 1.82) is 5.26 Å². The molecular formula is C28H27N3O4. The van der Waals surface area contributed by atoms with Crippen LogP contribution in [-0.2, 0) is 9.53 Å². The average molecular weight is 470 g/mol. The molecule has 7 nitrogen and oxygen atoms in total. The fraction of sp³-hybridized carbons (Fsp3) is 0.286. The van der Waals surface area contributed by atoms with E-state index in [4.69, 9.17) is 14.2 Å². The highest BCUT2D eigenvalue weighted by molar-refractivity contribution is 5.74. The number of para-hydroxylation sites is 1. The topological polar surface area (TPSA) is 83.8 Å². The molecule has 2 atom stereocenters. The number of hydrogen-bond donors (Lipinski definition) is 1. The van der Waals surface area contributed by atoms with Gasteiger partial charge >= 0.3 is 5.97 Å². The Morgan fingerprint density at radius 2 is 1.97 bits per heavy atom. The van der Waals surface area contributed by atoms with Gasteiger partial charge < -0.3 is 24.4 Å². The Hall–Kier alpha value is -4.18. The molecule has 0 bridgehead atoms. The molecule has 2 heterocycles. The van der Waals surface area contributed by atoms with Gasteiger partial charge in [0.05, 0.1) is 43.5 Å². The molecule has 3 aromatic rings. The Kier molecular flexibility index (Phi) is 6.19. The quantitative estimate of drug-likeness (QED) is 0.470. The Bertz CT molecular complexity index is 1300. The maximum absolute atomic E-state index is 11.7. The standard InChI is InChI=1S/C28H27N3O4/c1-3-31(21-7-4-6-18(12-21)15-29)25-9-5-8-23-24(17-35-28(23)25)30-20-10-11-22-19(13-27(32)33-2)16-34-26(22)14-20/h4-12,14,19,24,30H,3,13,16-17H2,1-2H3/t19-,24-/m1/s1. The van der Waals surface area contributed by atoms with Crippen molar-refractivity contribution < 1.29 is 19.0 Å². The molecule has 0 saturated heterocycles. The summed E-state index contributed by atoms with van der Waals surface area (Å²) in [4.78, 5) is 13.8. The van der Waals surface area contributed by atoms with Crippen molar-refractivity contribution in [1.82, 2.24) is 0 Å². The maximum atomic E-state index is 11.7. The molecule has 0 fully saturated rings. The average Bonchev–Trinajstić information content (AvgIpc) is 3.49. The number of carbonyl (C=O) groups excluding carboxylic acids is 1. The fourth-order valence-electron chi connectivity index (χ4n) is 4.82. The zero-order valence-electron chi connectivity index (χ0n) is 19.8. The summed E-state index contributed by atoms with van der Waals surface area (Å²) in [5.74, 6) is 1.44. The van der Waals surface area contributed by atoms with Crippen LogP contribution in [0.5, 0.6) is 11.5 Å². The lowest BCUT2D eigenvalue weighted by Crippen LogP contribution is -2.16. The third kappa shape index (κ3) is 4.35. The van der Waals surface area contributed by atoms with E-state index in [0.29, 0.717) is 25.2 Å². The first-order valence-electron chi connectivity index (χ1n) is 11.7. The molecule has 5 rings (SSSR count). The van der Waals surface area contributed by atoms with E-state index < -0.39 is 0 Å². The number of nitrogens with zero attached hydrogens (tertiary/aromatic N) is 2. The number of esters is 1. The number of fused-ring (bicyclic) bond motifs is 2. The Morgan fingerprint density at radius 3 is 2.77 bits per heavy atom. The van der Waals surface area contributed by atoms with Crippen LogP contribution >= 0.6 is 0 Å². The van der Waals surface area contributed by atoms with E-state index in [9.17, 15) is 10.1 Å². The van der Waals surface area contributed by atoms with Crippen molar-refractivity contribution in [2.75, 3.05) is 37.1 Å². The second-order valence-corrected chi connectivity index (χ2v) is 8.65. The predicted octanol–water partition coefficient (Wildman–Crippen LogP) is 5.30. The smallest absolute Gasteiger partial charge is 0.306 e. The van der Waals surface area contributed by atoms with Crippen molar-refractivity contribution in [2.24, 2.45) is 0 Å². The van der Waals surface area contributed by atoms with Gasteiger partial charge in [-0.3, -0.25) is 4.79 Å². The molecular weight excluding hydrogens is 442 g/mol. The Labute approximate surface area is 204 Å². The molecule has 0 spiro atoms. The van der Waals surface area contributed by atoms with Crippen molar-refractivity contribution >= 4 is 23.0 Å². The number of benzene rings is 3. The van der Waals surface area contributed by atoms with Crippen LogP contribution in [0.1, 0.15) is 42.0 Å². The fourth-order valence-corrected chi connectivity index (χ4v) is 4.82.